The number of allylic oxidation sites excluding steroid dienone is 8. The molecule has 2 aliphatic carbocycles. The van der Waals surface area contributed by atoms with Gasteiger partial charge in [0.2, 0.25) is 0 Å². The maximum absolute atomic E-state index is 5.98. The molecule has 4 heteroatoms. The quantitative estimate of drug-likeness (QED) is 0.394. The van der Waals surface area contributed by atoms with Crippen molar-refractivity contribution < 1.29 is 0 Å². The van der Waals surface area contributed by atoms with E-state index in [9.17, 15) is 0 Å². The minimum atomic E-state index is -0.120. The lowest BCUT2D eigenvalue weighted by Crippen LogP contribution is -2.25. The molecule has 0 spiro atoms. The van der Waals surface area contributed by atoms with Crippen LogP contribution in [0.2, 0.25) is 0 Å². The molecule has 166 valence electrons. The van der Waals surface area contributed by atoms with Gasteiger partial charge >= 0.3 is 0 Å². The number of nitrogens with two attached hydrogens (primary N) is 2. The zero-order chi connectivity index (χ0) is 23.4. The van der Waals surface area contributed by atoms with Crippen molar-refractivity contribution in [2.75, 3.05) is 0 Å². The van der Waals surface area contributed by atoms with E-state index in [-0.39, 0.29) is 21.7 Å². The molecule has 0 saturated heterocycles. The predicted molar refractivity (Wildman–Crippen MR) is 131 cm³/mol. The summed E-state index contributed by atoms with van der Waals surface area (Å²) < 4.78 is 0. The van der Waals surface area contributed by atoms with E-state index in [0.717, 1.165) is 11.4 Å². The molecular weight excluding hydrogens is 368 g/mol. The van der Waals surface area contributed by atoms with Crippen LogP contribution in [0.3, 0.4) is 0 Å². The average molecular weight is 411 g/mol. The molecule has 4 N–H and O–H groups in total. The van der Waals surface area contributed by atoms with Crippen molar-refractivity contribution >= 4 is 11.4 Å². The SMILES string of the molecule is CC(C)(C)C1=CC(C2=C(C(C)(C)C)C(=NN)C(C(C)(C)C)=C2)=C(C(C)(C)C)C1=NN. The summed E-state index contributed by atoms with van der Waals surface area (Å²) in [6.45, 7) is 26.6. The fraction of sp³-hybridized carbons (Fsp3) is 0.615. The van der Waals surface area contributed by atoms with Gasteiger partial charge in [-0.25, -0.2) is 0 Å². The summed E-state index contributed by atoms with van der Waals surface area (Å²) in [4.78, 5) is 0. The molecule has 30 heavy (non-hydrogen) atoms. The molecule has 4 nitrogen and oxygen atoms in total. The Morgan fingerprint density at radius 2 is 0.767 bits per heavy atom. The van der Waals surface area contributed by atoms with Gasteiger partial charge in [0.1, 0.15) is 0 Å². The van der Waals surface area contributed by atoms with E-state index in [0.29, 0.717) is 0 Å². The molecule has 0 bridgehead atoms. The molecule has 2 rings (SSSR count). The van der Waals surface area contributed by atoms with Gasteiger partial charge < -0.3 is 11.7 Å². The fourth-order valence-corrected chi connectivity index (χ4v) is 4.45. The summed E-state index contributed by atoms with van der Waals surface area (Å²) in [6.07, 6.45) is 4.59. The van der Waals surface area contributed by atoms with Crippen LogP contribution in [-0.4, -0.2) is 11.4 Å². The Bertz CT molecular complexity index is 841. The molecule has 0 fully saturated rings. The van der Waals surface area contributed by atoms with Crippen LogP contribution in [-0.2, 0) is 0 Å². The lowest BCUT2D eigenvalue weighted by atomic mass is 9.75. The number of nitrogens with zero attached hydrogens (tertiary/aromatic N) is 2. The van der Waals surface area contributed by atoms with Gasteiger partial charge in [-0.15, -0.1) is 0 Å². The lowest BCUT2D eigenvalue weighted by molar-refractivity contribution is 0.508. The largest absolute Gasteiger partial charge is 0.323 e. The zero-order valence-electron chi connectivity index (χ0n) is 21.2. The van der Waals surface area contributed by atoms with Crippen LogP contribution in [0.5, 0.6) is 0 Å². The number of rotatable bonds is 1. The first kappa shape index (κ1) is 24.2. The highest BCUT2D eigenvalue weighted by atomic mass is 15.1. The second-order valence-electron chi connectivity index (χ2n) is 12.6. The number of hydrazone groups is 2. The first-order valence-electron chi connectivity index (χ1n) is 10.9. The molecule has 0 aromatic carbocycles. The maximum Gasteiger partial charge on any atom is 0.0907 e. The third kappa shape index (κ3) is 4.19. The molecule has 0 unspecified atom stereocenters. The summed E-state index contributed by atoms with van der Waals surface area (Å²) in [5.41, 5.74) is 8.56. The van der Waals surface area contributed by atoms with E-state index >= 15 is 0 Å². The van der Waals surface area contributed by atoms with Crippen LogP contribution in [0.1, 0.15) is 83.1 Å². The first-order valence-corrected chi connectivity index (χ1v) is 10.9. The van der Waals surface area contributed by atoms with Crippen molar-refractivity contribution in [3.8, 4) is 0 Å². The Kier molecular flexibility index (Phi) is 5.84. The second kappa shape index (κ2) is 7.25. The van der Waals surface area contributed by atoms with Gasteiger partial charge in [-0.1, -0.05) is 83.1 Å². The molecule has 0 aromatic heterocycles. The van der Waals surface area contributed by atoms with Crippen LogP contribution < -0.4 is 11.7 Å². The molecule has 0 heterocycles. The monoisotopic (exact) mass is 410 g/mol. The second-order valence-corrected chi connectivity index (χ2v) is 12.6. The Balaban J connectivity index is 3.02. The third-order valence-electron chi connectivity index (χ3n) is 5.76. The van der Waals surface area contributed by atoms with E-state index in [2.05, 4.69) is 105 Å². The van der Waals surface area contributed by atoms with Crippen molar-refractivity contribution in [2.24, 2.45) is 43.5 Å². The van der Waals surface area contributed by atoms with Gasteiger partial charge in [0, 0.05) is 0 Å². The van der Waals surface area contributed by atoms with Crippen molar-refractivity contribution in [2.45, 2.75) is 83.1 Å². The number of hydrogen-bond donors (Lipinski definition) is 2. The Hall–Kier alpha value is -2.10. The smallest absolute Gasteiger partial charge is 0.0907 e. The molecule has 0 radical (unpaired) electrons. The minimum Gasteiger partial charge on any atom is -0.323 e. The lowest BCUT2D eigenvalue weighted by Gasteiger charge is -2.29. The minimum absolute atomic E-state index is 0.0706. The summed E-state index contributed by atoms with van der Waals surface area (Å²) in [7, 11) is 0. The van der Waals surface area contributed by atoms with Crippen LogP contribution in [0.15, 0.2) is 55.8 Å². The maximum atomic E-state index is 5.98. The summed E-state index contributed by atoms with van der Waals surface area (Å²) in [5.74, 6) is 12.0. The van der Waals surface area contributed by atoms with E-state index in [1.807, 2.05) is 0 Å². The Labute approximate surface area is 184 Å². The van der Waals surface area contributed by atoms with Gasteiger partial charge in [-0.3, -0.25) is 0 Å². The molecule has 0 aromatic rings. The number of hydrogen-bond acceptors (Lipinski definition) is 4. The fourth-order valence-electron chi connectivity index (χ4n) is 4.45. The van der Waals surface area contributed by atoms with Crippen molar-refractivity contribution in [1.82, 2.24) is 0 Å². The van der Waals surface area contributed by atoms with Gasteiger partial charge in [-0.05, 0) is 67.3 Å². The normalized spacial score (nSPS) is 21.9. The van der Waals surface area contributed by atoms with Crippen LogP contribution in [0, 0.1) is 21.7 Å². The average Bonchev–Trinajstić information content (AvgIpc) is 3.11. The van der Waals surface area contributed by atoms with Gasteiger partial charge in [0.25, 0.3) is 0 Å². The molecule has 2 aliphatic rings. The van der Waals surface area contributed by atoms with E-state index in [1.54, 1.807) is 0 Å². The topological polar surface area (TPSA) is 76.8 Å². The van der Waals surface area contributed by atoms with E-state index < -0.39 is 0 Å². The van der Waals surface area contributed by atoms with E-state index in [1.165, 1.54) is 33.4 Å². The third-order valence-corrected chi connectivity index (χ3v) is 5.76. The molecule has 0 aliphatic heterocycles. The highest BCUT2D eigenvalue weighted by molar-refractivity contribution is 6.21. The predicted octanol–water partition coefficient (Wildman–Crippen LogP) is 6.27. The first-order chi connectivity index (χ1) is 13.4. The van der Waals surface area contributed by atoms with Crippen LogP contribution in [0.4, 0.5) is 0 Å². The van der Waals surface area contributed by atoms with Crippen LogP contribution >= 0.6 is 0 Å². The summed E-state index contributed by atoms with van der Waals surface area (Å²) in [5, 5.41) is 8.58. The highest BCUT2D eigenvalue weighted by Crippen LogP contribution is 2.50. The Morgan fingerprint density at radius 3 is 0.933 bits per heavy atom. The van der Waals surface area contributed by atoms with Gasteiger partial charge in [-0.2, -0.15) is 10.2 Å². The van der Waals surface area contributed by atoms with Gasteiger partial charge in [0.05, 0.1) is 11.4 Å². The van der Waals surface area contributed by atoms with E-state index in [4.69, 9.17) is 11.7 Å². The van der Waals surface area contributed by atoms with Crippen molar-refractivity contribution in [3.63, 3.8) is 0 Å². The highest BCUT2D eigenvalue weighted by Gasteiger charge is 2.42. The molecule has 0 amide bonds. The van der Waals surface area contributed by atoms with Crippen molar-refractivity contribution in [3.05, 3.63) is 45.6 Å². The molecular formula is C26H42N4. The zero-order valence-corrected chi connectivity index (χ0v) is 21.2. The Morgan fingerprint density at radius 1 is 0.500 bits per heavy atom. The van der Waals surface area contributed by atoms with Crippen LogP contribution in [0.25, 0.3) is 0 Å². The van der Waals surface area contributed by atoms with Gasteiger partial charge in [0.15, 0.2) is 0 Å². The molecule has 0 saturated carbocycles. The summed E-state index contributed by atoms with van der Waals surface area (Å²) >= 11 is 0. The van der Waals surface area contributed by atoms with Crippen molar-refractivity contribution in [1.29, 1.82) is 0 Å². The standard InChI is InChI=1S/C26H42N4/c1-23(2,3)17-13-15(19(21(17)29-27)25(7,8)9)16-14-18(24(4,5)6)22(30-28)20(16)26(10,11)12/h13-14H,27-28H2,1-12H3. The molecule has 0 atom stereocenters. The summed E-state index contributed by atoms with van der Waals surface area (Å²) in [6, 6.07) is 0.